The molecule has 3 aromatic rings. The Morgan fingerprint density at radius 1 is 0.968 bits per heavy atom. The Bertz CT molecular complexity index is 1050. The first-order chi connectivity index (χ1) is 15.0. The molecule has 2 heterocycles. The summed E-state index contributed by atoms with van der Waals surface area (Å²) in [5.41, 5.74) is 2.70. The highest BCUT2D eigenvalue weighted by molar-refractivity contribution is 5.79. The molecule has 0 unspecified atom stereocenters. The van der Waals surface area contributed by atoms with Crippen LogP contribution < -0.4 is 10.2 Å². The van der Waals surface area contributed by atoms with E-state index >= 15 is 0 Å². The molecule has 0 spiro atoms. The molecule has 0 radical (unpaired) electrons. The molecule has 4 rings (SSSR count). The minimum absolute atomic E-state index is 0.0699. The van der Waals surface area contributed by atoms with Crippen molar-refractivity contribution >= 4 is 11.7 Å². The van der Waals surface area contributed by atoms with Gasteiger partial charge in [0.15, 0.2) is 0 Å². The number of amides is 1. The summed E-state index contributed by atoms with van der Waals surface area (Å²) in [6.07, 6.45) is 3.87. The zero-order valence-corrected chi connectivity index (χ0v) is 17.3. The molecule has 5 nitrogen and oxygen atoms in total. The van der Waals surface area contributed by atoms with E-state index in [4.69, 9.17) is 4.98 Å². The lowest BCUT2D eigenvalue weighted by Crippen LogP contribution is -2.44. The van der Waals surface area contributed by atoms with Gasteiger partial charge in [-0.05, 0) is 61.4 Å². The van der Waals surface area contributed by atoms with Gasteiger partial charge in [-0.3, -0.25) is 9.78 Å². The van der Waals surface area contributed by atoms with Gasteiger partial charge in [-0.2, -0.15) is 0 Å². The second kappa shape index (κ2) is 9.20. The molecule has 1 fully saturated rings. The standard InChI is InChI=1S/C24H24F2N4O/c1-2-22(31)28-20-11-13-30(14-12-20)21-15-27-23(16-3-7-18(25)8-4-16)24(29-21)17-5-9-19(26)10-6-17/h3-10,15,20H,2,11-14H2,1H3,(H,28,31). The van der Waals surface area contributed by atoms with E-state index < -0.39 is 0 Å². The summed E-state index contributed by atoms with van der Waals surface area (Å²) in [5.74, 6) is 0.146. The van der Waals surface area contributed by atoms with Gasteiger partial charge in [0.2, 0.25) is 5.91 Å². The number of halogens is 2. The van der Waals surface area contributed by atoms with E-state index in [-0.39, 0.29) is 23.6 Å². The van der Waals surface area contributed by atoms with Crippen LogP contribution in [0.3, 0.4) is 0 Å². The second-order valence-electron chi connectivity index (χ2n) is 7.62. The second-order valence-corrected chi connectivity index (χ2v) is 7.62. The number of nitrogens with zero attached hydrogens (tertiary/aromatic N) is 3. The van der Waals surface area contributed by atoms with Crippen LogP contribution in [0.1, 0.15) is 26.2 Å². The summed E-state index contributed by atoms with van der Waals surface area (Å²) in [7, 11) is 0. The molecule has 1 amide bonds. The maximum atomic E-state index is 13.5. The number of aromatic nitrogens is 2. The Morgan fingerprint density at radius 2 is 1.52 bits per heavy atom. The van der Waals surface area contributed by atoms with Crippen LogP contribution in [0.2, 0.25) is 0 Å². The van der Waals surface area contributed by atoms with Gasteiger partial charge in [-0.1, -0.05) is 6.92 Å². The van der Waals surface area contributed by atoms with Crippen molar-refractivity contribution in [2.75, 3.05) is 18.0 Å². The summed E-state index contributed by atoms with van der Waals surface area (Å²) in [4.78, 5) is 23.3. The van der Waals surface area contributed by atoms with Crippen molar-refractivity contribution in [1.29, 1.82) is 0 Å². The highest BCUT2D eigenvalue weighted by Gasteiger charge is 2.23. The van der Waals surface area contributed by atoms with Crippen LogP contribution in [0.4, 0.5) is 14.6 Å². The molecule has 1 aliphatic rings. The Morgan fingerprint density at radius 3 is 2.06 bits per heavy atom. The molecule has 1 saturated heterocycles. The number of anilines is 1. The third-order valence-corrected chi connectivity index (χ3v) is 5.50. The van der Waals surface area contributed by atoms with Crippen LogP contribution in [-0.2, 0) is 4.79 Å². The van der Waals surface area contributed by atoms with E-state index in [1.54, 1.807) is 30.5 Å². The molecular weight excluding hydrogens is 398 g/mol. The number of benzene rings is 2. The zero-order valence-electron chi connectivity index (χ0n) is 17.3. The SMILES string of the molecule is CCC(=O)NC1CCN(c2cnc(-c3ccc(F)cc3)c(-c3ccc(F)cc3)n2)CC1. The predicted octanol–water partition coefficient (Wildman–Crippen LogP) is 4.58. The number of rotatable bonds is 5. The summed E-state index contributed by atoms with van der Waals surface area (Å²) >= 11 is 0. The number of piperidine rings is 1. The van der Waals surface area contributed by atoms with Crippen LogP contribution in [-0.4, -0.2) is 35.0 Å². The lowest BCUT2D eigenvalue weighted by molar-refractivity contribution is -0.121. The van der Waals surface area contributed by atoms with Crippen molar-refractivity contribution in [3.63, 3.8) is 0 Å². The van der Waals surface area contributed by atoms with Gasteiger partial charge in [0.25, 0.3) is 0 Å². The number of carbonyl (C=O) groups excluding carboxylic acids is 1. The lowest BCUT2D eigenvalue weighted by atomic mass is 10.0. The molecule has 0 atom stereocenters. The third kappa shape index (κ3) is 4.87. The van der Waals surface area contributed by atoms with Crippen molar-refractivity contribution in [1.82, 2.24) is 15.3 Å². The normalized spacial score (nSPS) is 14.5. The number of nitrogens with one attached hydrogen (secondary N) is 1. The molecule has 160 valence electrons. The smallest absolute Gasteiger partial charge is 0.219 e. The van der Waals surface area contributed by atoms with Gasteiger partial charge in [0.05, 0.1) is 17.6 Å². The highest BCUT2D eigenvalue weighted by Crippen LogP contribution is 2.31. The van der Waals surface area contributed by atoms with E-state index in [9.17, 15) is 13.6 Å². The zero-order chi connectivity index (χ0) is 21.8. The molecule has 1 aromatic heterocycles. The molecule has 0 bridgehead atoms. The lowest BCUT2D eigenvalue weighted by Gasteiger charge is -2.33. The maximum absolute atomic E-state index is 13.5. The molecule has 7 heteroatoms. The fourth-order valence-electron chi connectivity index (χ4n) is 3.74. The van der Waals surface area contributed by atoms with E-state index in [0.717, 1.165) is 42.9 Å². The topological polar surface area (TPSA) is 58.1 Å². The van der Waals surface area contributed by atoms with Crippen molar-refractivity contribution in [2.45, 2.75) is 32.2 Å². The van der Waals surface area contributed by atoms with E-state index in [1.165, 1.54) is 24.3 Å². The Kier molecular flexibility index (Phi) is 6.21. The molecule has 1 aliphatic heterocycles. The fraction of sp³-hybridized carbons (Fsp3) is 0.292. The molecule has 0 aliphatic carbocycles. The van der Waals surface area contributed by atoms with Crippen LogP contribution in [0.15, 0.2) is 54.7 Å². The van der Waals surface area contributed by atoms with Gasteiger partial charge in [-0.25, -0.2) is 13.8 Å². The minimum Gasteiger partial charge on any atom is -0.355 e. The predicted molar refractivity (Wildman–Crippen MR) is 116 cm³/mol. The van der Waals surface area contributed by atoms with Gasteiger partial charge < -0.3 is 10.2 Å². The van der Waals surface area contributed by atoms with Gasteiger partial charge in [0, 0.05) is 36.7 Å². The summed E-state index contributed by atoms with van der Waals surface area (Å²) in [6, 6.07) is 12.4. The Hall–Kier alpha value is -3.35. The average molecular weight is 422 g/mol. The maximum Gasteiger partial charge on any atom is 0.219 e. The Balaban J connectivity index is 1.63. The minimum atomic E-state index is -0.326. The Labute approximate surface area is 180 Å². The first-order valence-corrected chi connectivity index (χ1v) is 10.5. The first-order valence-electron chi connectivity index (χ1n) is 10.5. The molecule has 2 aromatic carbocycles. The summed E-state index contributed by atoms with van der Waals surface area (Å²) < 4.78 is 26.9. The molecule has 31 heavy (non-hydrogen) atoms. The fourth-order valence-corrected chi connectivity index (χ4v) is 3.74. The largest absolute Gasteiger partial charge is 0.355 e. The number of hydrogen-bond acceptors (Lipinski definition) is 4. The van der Waals surface area contributed by atoms with Gasteiger partial charge in [-0.15, -0.1) is 0 Å². The quantitative estimate of drug-likeness (QED) is 0.654. The third-order valence-electron chi connectivity index (χ3n) is 5.50. The van der Waals surface area contributed by atoms with Crippen LogP contribution in [0, 0.1) is 11.6 Å². The van der Waals surface area contributed by atoms with Crippen LogP contribution in [0.5, 0.6) is 0 Å². The summed E-state index contributed by atoms with van der Waals surface area (Å²) in [6.45, 7) is 3.35. The van der Waals surface area contributed by atoms with Crippen molar-refractivity contribution < 1.29 is 13.6 Å². The molecule has 1 N–H and O–H groups in total. The summed E-state index contributed by atoms with van der Waals surface area (Å²) in [5, 5.41) is 3.05. The van der Waals surface area contributed by atoms with Gasteiger partial charge in [0.1, 0.15) is 17.5 Å². The van der Waals surface area contributed by atoms with Gasteiger partial charge >= 0.3 is 0 Å². The van der Waals surface area contributed by atoms with Crippen LogP contribution in [0.25, 0.3) is 22.5 Å². The van der Waals surface area contributed by atoms with E-state index in [0.29, 0.717) is 17.8 Å². The van der Waals surface area contributed by atoms with Crippen LogP contribution >= 0.6 is 0 Å². The van der Waals surface area contributed by atoms with Crippen molar-refractivity contribution in [2.24, 2.45) is 0 Å². The molecule has 0 saturated carbocycles. The number of carbonyl (C=O) groups is 1. The van der Waals surface area contributed by atoms with E-state index in [2.05, 4.69) is 15.2 Å². The number of hydrogen-bond donors (Lipinski definition) is 1. The molecular formula is C24H24F2N4O. The monoisotopic (exact) mass is 422 g/mol. The first kappa shape index (κ1) is 20.9. The average Bonchev–Trinajstić information content (AvgIpc) is 2.80. The van der Waals surface area contributed by atoms with E-state index in [1.807, 2.05) is 6.92 Å². The van der Waals surface area contributed by atoms with Crippen molar-refractivity contribution in [3.8, 4) is 22.5 Å². The van der Waals surface area contributed by atoms with Crippen molar-refractivity contribution in [3.05, 3.63) is 66.4 Å². The highest BCUT2D eigenvalue weighted by atomic mass is 19.1.